The number of aryl methyl sites for hydroxylation is 1. The zero-order valence-electron chi connectivity index (χ0n) is 13.2. The molecule has 1 aliphatic heterocycles. The Balaban J connectivity index is 2.04. The standard InChI is InChI=1S/C16H26N4O/c1-4-19-7-9-20(10-8-19)14-5-6-15(12(2)11-14)18-16(21)13(3)17/h5-6,11,13H,4,7-10,17H2,1-3H3,(H,18,21)/t13-/m1/s1. The molecule has 1 saturated heterocycles. The van der Waals surface area contributed by atoms with E-state index in [-0.39, 0.29) is 5.91 Å². The summed E-state index contributed by atoms with van der Waals surface area (Å²) in [7, 11) is 0. The fraction of sp³-hybridized carbons (Fsp3) is 0.562. The lowest BCUT2D eigenvalue weighted by Gasteiger charge is -2.35. The van der Waals surface area contributed by atoms with Crippen molar-refractivity contribution in [2.24, 2.45) is 5.73 Å². The summed E-state index contributed by atoms with van der Waals surface area (Å²) in [5.41, 5.74) is 8.72. The lowest BCUT2D eigenvalue weighted by atomic mass is 10.1. The van der Waals surface area contributed by atoms with Crippen molar-refractivity contribution in [3.05, 3.63) is 23.8 Å². The quantitative estimate of drug-likeness (QED) is 0.880. The molecule has 1 fully saturated rings. The third kappa shape index (κ3) is 3.95. The maximum absolute atomic E-state index is 11.7. The summed E-state index contributed by atoms with van der Waals surface area (Å²) in [6.07, 6.45) is 0. The van der Waals surface area contributed by atoms with E-state index in [1.54, 1.807) is 6.92 Å². The first-order valence-corrected chi connectivity index (χ1v) is 7.65. The highest BCUT2D eigenvalue weighted by Gasteiger charge is 2.16. The highest BCUT2D eigenvalue weighted by atomic mass is 16.2. The van der Waals surface area contributed by atoms with Crippen molar-refractivity contribution >= 4 is 17.3 Å². The minimum atomic E-state index is -0.494. The molecule has 0 unspecified atom stereocenters. The van der Waals surface area contributed by atoms with Gasteiger partial charge in [0.2, 0.25) is 5.91 Å². The lowest BCUT2D eigenvalue weighted by molar-refractivity contribution is -0.117. The van der Waals surface area contributed by atoms with Gasteiger partial charge in [0.25, 0.3) is 0 Å². The van der Waals surface area contributed by atoms with E-state index in [2.05, 4.69) is 34.2 Å². The van der Waals surface area contributed by atoms with Crippen molar-refractivity contribution in [2.45, 2.75) is 26.8 Å². The summed E-state index contributed by atoms with van der Waals surface area (Å²) in [5.74, 6) is -0.151. The molecule has 1 aromatic carbocycles. The van der Waals surface area contributed by atoms with Crippen LogP contribution in [0.3, 0.4) is 0 Å². The molecule has 0 spiro atoms. The van der Waals surface area contributed by atoms with Crippen LogP contribution in [0.25, 0.3) is 0 Å². The van der Waals surface area contributed by atoms with Gasteiger partial charge < -0.3 is 20.9 Å². The first-order valence-electron chi connectivity index (χ1n) is 7.65. The van der Waals surface area contributed by atoms with Crippen LogP contribution in [0.2, 0.25) is 0 Å². The number of amides is 1. The van der Waals surface area contributed by atoms with Crippen molar-refractivity contribution in [1.29, 1.82) is 0 Å². The first kappa shape index (κ1) is 15.8. The van der Waals surface area contributed by atoms with Crippen molar-refractivity contribution in [2.75, 3.05) is 42.9 Å². The second kappa shape index (κ2) is 6.91. The van der Waals surface area contributed by atoms with Crippen LogP contribution < -0.4 is 16.0 Å². The van der Waals surface area contributed by atoms with Gasteiger partial charge in [-0.25, -0.2) is 0 Å². The molecular formula is C16H26N4O. The van der Waals surface area contributed by atoms with Crippen molar-refractivity contribution in [3.8, 4) is 0 Å². The zero-order valence-corrected chi connectivity index (χ0v) is 13.2. The van der Waals surface area contributed by atoms with Gasteiger partial charge >= 0.3 is 0 Å². The fourth-order valence-electron chi connectivity index (χ4n) is 2.55. The monoisotopic (exact) mass is 290 g/mol. The molecule has 1 aliphatic rings. The number of piperazine rings is 1. The average molecular weight is 290 g/mol. The highest BCUT2D eigenvalue weighted by molar-refractivity contribution is 5.95. The molecule has 1 heterocycles. The van der Waals surface area contributed by atoms with Crippen molar-refractivity contribution in [1.82, 2.24) is 4.90 Å². The molecule has 0 saturated carbocycles. The molecule has 1 amide bonds. The minimum absolute atomic E-state index is 0.151. The van der Waals surface area contributed by atoms with Gasteiger partial charge in [-0.15, -0.1) is 0 Å². The second-order valence-corrected chi connectivity index (χ2v) is 5.70. The van der Waals surface area contributed by atoms with Crippen LogP contribution in [0.1, 0.15) is 19.4 Å². The van der Waals surface area contributed by atoms with Crippen LogP contribution in [0.4, 0.5) is 11.4 Å². The molecule has 0 aliphatic carbocycles. The summed E-state index contributed by atoms with van der Waals surface area (Å²) >= 11 is 0. The Morgan fingerprint density at radius 3 is 2.52 bits per heavy atom. The SMILES string of the molecule is CCN1CCN(c2ccc(NC(=O)[C@@H](C)N)c(C)c2)CC1. The Morgan fingerprint density at radius 2 is 2.00 bits per heavy atom. The molecule has 0 aromatic heterocycles. The maximum atomic E-state index is 11.7. The molecular weight excluding hydrogens is 264 g/mol. The van der Waals surface area contributed by atoms with E-state index in [0.717, 1.165) is 44.0 Å². The molecule has 5 nitrogen and oxygen atoms in total. The van der Waals surface area contributed by atoms with E-state index in [4.69, 9.17) is 5.73 Å². The van der Waals surface area contributed by atoms with Gasteiger partial charge in [0.05, 0.1) is 6.04 Å². The molecule has 0 radical (unpaired) electrons. The van der Waals surface area contributed by atoms with Crippen LogP contribution in [0, 0.1) is 6.92 Å². The van der Waals surface area contributed by atoms with Gasteiger partial charge in [-0.3, -0.25) is 4.79 Å². The van der Waals surface area contributed by atoms with Gasteiger partial charge in [-0.05, 0) is 44.2 Å². The number of nitrogens with one attached hydrogen (secondary N) is 1. The number of hydrogen-bond acceptors (Lipinski definition) is 4. The average Bonchev–Trinajstić information content (AvgIpc) is 2.49. The normalized spacial score (nSPS) is 17.6. The third-order valence-electron chi connectivity index (χ3n) is 4.07. The topological polar surface area (TPSA) is 61.6 Å². The Labute approximate surface area is 127 Å². The number of hydrogen-bond donors (Lipinski definition) is 2. The third-order valence-corrected chi connectivity index (χ3v) is 4.07. The molecule has 21 heavy (non-hydrogen) atoms. The van der Waals surface area contributed by atoms with Gasteiger partial charge in [-0.1, -0.05) is 6.92 Å². The van der Waals surface area contributed by atoms with E-state index >= 15 is 0 Å². The van der Waals surface area contributed by atoms with Crippen molar-refractivity contribution in [3.63, 3.8) is 0 Å². The van der Waals surface area contributed by atoms with Gasteiger partial charge in [0, 0.05) is 37.6 Å². The van der Waals surface area contributed by atoms with Crippen LogP contribution >= 0.6 is 0 Å². The number of nitrogens with zero attached hydrogens (tertiary/aromatic N) is 2. The first-order chi connectivity index (χ1) is 10.0. The molecule has 116 valence electrons. The zero-order chi connectivity index (χ0) is 15.4. The highest BCUT2D eigenvalue weighted by Crippen LogP contribution is 2.23. The van der Waals surface area contributed by atoms with Crippen LogP contribution in [-0.2, 0) is 4.79 Å². The Morgan fingerprint density at radius 1 is 1.33 bits per heavy atom. The van der Waals surface area contributed by atoms with Gasteiger partial charge in [0.1, 0.15) is 0 Å². The Hall–Kier alpha value is -1.59. The van der Waals surface area contributed by atoms with E-state index in [9.17, 15) is 4.79 Å². The number of benzene rings is 1. The predicted octanol–water partition coefficient (Wildman–Crippen LogP) is 1.42. The summed E-state index contributed by atoms with van der Waals surface area (Å²) in [5, 5.41) is 2.87. The van der Waals surface area contributed by atoms with Crippen LogP contribution in [0.5, 0.6) is 0 Å². The number of carbonyl (C=O) groups is 1. The summed E-state index contributed by atoms with van der Waals surface area (Å²) in [6.45, 7) is 11.4. The fourth-order valence-corrected chi connectivity index (χ4v) is 2.55. The van der Waals surface area contributed by atoms with Crippen LogP contribution in [0.15, 0.2) is 18.2 Å². The van der Waals surface area contributed by atoms with E-state index < -0.39 is 6.04 Å². The molecule has 1 atom stereocenters. The largest absolute Gasteiger partial charge is 0.369 e. The minimum Gasteiger partial charge on any atom is -0.369 e. The summed E-state index contributed by atoms with van der Waals surface area (Å²) in [6, 6.07) is 5.69. The summed E-state index contributed by atoms with van der Waals surface area (Å²) in [4.78, 5) is 16.5. The molecule has 3 N–H and O–H groups in total. The molecule has 0 bridgehead atoms. The number of rotatable bonds is 4. The van der Waals surface area contributed by atoms with Gasteiger partial charge in [0.15, 0.2) is 0 Å². The summed E-state index contributed by atoms with van der Waals surface area (Å²) < 4.78 is 0. The maximum Gasteiger partial charge on any atom is 0.241 e. The van der Waals surface area contributed by atoms with Gasteiger partial charge in [-0.2, -0.15) is 0 Å². The van der Waals surface area contributed by atoms with E-state index in [1.165, 1.54) is 5.69 Å². The van der Waals surface area contributed by atoms with E-state index in [0.29, 0.717) is 0 Å². The number of anilines is 2. The Bertz CT molecular complexity index is 493. The Kier molecular flexibility index (Phi) is 5.20. The molecule has 5 heteroatoms. The molecule has 2 rings (SSSR count). The number of likely N-dealkylation sites (N-methyl/N-ethyl adjacent to an activating group) is 1. The number of nitrogens with two attached hydrogens (primary N) is 1. The smallest absolute Gasteiger partial charge is 0.241 e. The van der Waals surface area contributed by atoms with Crippen molar-refractivity contribution < 1.29 is 4.79 Å². The van der Waals surface area contributed by atoms with E-state index in [1.807, 2.05) is 13.0 Å². The second-order valence-electron chi connectivity index (χ2n) is 5.70. The lowest BCUT2D eigenvalue weighted by Crippen LogP contribution is -2.46. The number of carbonyl (C=O) groups excluding carboxylic acids is 1. The predicted molar refractivity (Wildman–Crippen MR) is 87.8 cm³/mol. The molecule has 1 aromatic rings. The van der Waals surface area contributed by atoms with Crippen LogP contribution in [-0.4, -0.2) is 49.6 Å².